The summed E-state index contributed by atoms with van der Waals surface area (Å²) in [6.07, 6.45) is 9.99. The van der Waals surface area contributed by atoms with E-state index < -0.39 is 10.0 Å². The fourth-order valence-corrected chi connectivity index (χ4v) is 6.46. The van der Waals surface area contributed by atoms with Gasteiger partial charge >= 0.3 is 0 Å². The molecule has 3 rings (SSSR count). The van der Waals surface area contributed by atoms with E-state index in [9.17, 15) is 8.42 Å². The van der Waals surface area contributed by atoms with Gasteiger partial charge in [-0.3, -0.25) is 9.82 Å². The number of hydrogen-bond donors (Lipinski definition) is 2. The van der Waals surface area contributed by atoms with Crippen LogP contribution in [-0.2, 0) is 15.4 Å². The van der Waals surface area contributed by atoms with E-state index >= 15 is 0 Å². The van der Waals surface area contributed by atoms with Gasteiger partial charge in [0.1, 0.15) is 5.02 Å². The van der Waals surface area contributed by atoms with Gasteiger partial charge < -0.3 is 0 Å². The fraction of sp³-hybridized carbons (Fsp3) is 0.630. The molecule has 0 fully saturated rings. The zero-order chi connectivity index (χ0) is 26.3. The zero-order valence-corrected chi connectivity index (χ0v) is 24.0. The Morgan fingerprint density at radius 3 is 2.22 bits per heavy atom. The molecule has 36 heavy (non-hydrogen) atoms. The quantitative estimate of drug-likeness (QED) is 0.206. The Bertz CT molecular complexity index is 1210. The first-order chi connectivity index (χ1) is 17.1. The fourth-order valence-electron chi connectivity index (χ4n) is 4.44. The number of H-pyrrole nitrogens is 1. The maximum atomic E-state index is 13.4. The molecule has 7 nitrogen and oxygen atoms in total. The van der Waals surface area contributed by atoms with Crippen molar-refractivity contribution in [1.82, 2.24) is 19.8 Å². The number of nitrogens with zero attached hydrogens (tertiary/aromatic N) is 3. The summed E-state index contributed by atoms with van der Waals surface area (Å²) in [6.45, 7) is 10.5. The van der Waals surface area contributed by atoms with E-state index in [1.54, 1.807) is 16.8 Å². The Balaban J connectivity index is 1.78. The van der Waals surface area contributed by atoms with Crippen molar-refractivity contribution in [3.05, 3.63) is 35.0 Å². The van der Waals surface area contributed by atoms with E-state index in [0.717, 1.165) is 62.6 Å². The minimum Gasteiger partial charge on any atom is -0.283 e. The van der Waals surface area contributed by atoms with E-state index in [0.29, 0.717) is 35.0 Å². The van der Waals surface area contributed by atoms with E-state index in [4.69, 9.17) is 11.6 Å². The Morgan fingerprint density at radius 2 is 1.67 bits per heavy atom. The first-order valence-corrected chi connectivity index (χ1v) is 15.3. The highest BCUT2D eigenvalue weighted by atomic mass is 35.5. The second-order valence-corrected chi connectivity index (χ2v) is 13.1. The van der Waals surface area contributed by atoms with Crippen molar-refractivity contribution in [3.63, 3.8) is 0 Å². The second kappa shape index (κ2) is 12.5. The van der Waals surface area contributed by atoms with Gasteiger partial charge in [-0.05, 0) is 25.0 Å². The Labute approximate surface area is 221 Å². The number of halogens is 1. The van der Waals surface area contributed by atoms with Crippen LogP contribution in [0, 0.1) is 0 Å². The molecular weight excluding hydrogens is 494 g/mol. The maximum absolute atomic E-state index is 13.4. The summed E-state index contributed by atoms with van der Waals surface area (Å²) in [7, 11) is -3.51. The number of aromatic amines is 1. The van der Waals surface area contributed by atoms with E-state index in [-0.39, 0.29) is 10.7 Å². The van der Waals surface area contributed by atoms with Crippen LogP contribution in [0.1, 0.15) is 105 Å². The predicted molar refractivity (Wildman–Crippen MR) is 150 cm³/mol. The van der Waals surface area contributed by atoms with Gasteiger partial charge in [-0.1, -0.05) is 110 Å². The molecule has 0 saturated heterocycles. The largest absolute Gasteiger partial charge is 0.283 e. The molecule has 2 heterocycles. The van der Waals surface area contributed by atoms with Crippen LogP contribution in [0.25, 0.3) is 17.0 Å². The SMILES string of the molecule is CCCCCCC(CCCCCC)S(=O)(=O)Nc1cccc(-c2nc3c(Cl)c(C(C)(C)C)[nH]n3n2)c1. The number of unbranched alkanes of at least 4 members (excludes halogenated alkanes) is 6. The summed E-state index contributed by atoms with van der Waals surface area (Å²) in [5, 5.41) is 7.94. The molecule has 0 amide bonds. The monoisotopic (exact) mass is 535 g/mol. The van der Waals surface area contributed by atoms with E-state index in [1.807, 2.05) is 12.1 Å². The molecule has 3 aromatic rings. The van der Waals surface area contributed by atoms with Crippen LogP contribution >= 0.6 is 11.6 Å². The second-order valence-electron chi connectivity index (χ2n) is 10.8. The topological polar surface area (TPSA) is 92.1 Å². The van der Waals surface area contributed by atoms with E-state index in [2.05, 4.69) is 54.5 Å². The first kappa shape index (κ1) is 28.5. The smallest absolute Gasteiger partial charge is 0.235 e. The van der Waals surface area contributed by atoms with Gasteiger partial charge in [-0.25, -0.2) is 13.4 Å². The number of hydrogen-bond acceptors (Lipinski definition) is 4. The summed E-state index contributed by atoms with van der Waals surface area (Å²) >= 11 is 6.57. The standard InChI is InChI=1S/C27H42ClN5O2S/c1-6-8-10-12-17-22(18-13-11-9-7-2)36(34,35)32-21-16-14-15-20(19-21)25-29-26-23(28)24(27(3,4)5)30-33(26)31-25/h14-16,19,22,30,32H,6-13,17-18H2,1-5H3. The molecule has 0 atom stereocenters. The summed E-state index contributed by atoms with van der Waals surface area (Å²) in [4.78, 5) is 4.62. The highest BCUT2D eigenvalue weighted by Crippen LogP contribution is 2.32. The molecule has 0 bridgehead atoms. The number of benzene rings is 1. The molecule has 0 spiro atoms. The molecule has 2 aromatic heterocycles. The highest BCUT2D eigenvalue weighted by molar-refractivity contribution is 7.93. The average Bonchev–Trinajstić information content (AvgIpc) is 3.37. The Hall–Kier alpha value is -2.06. The minimum absolute atomic E-state index is 0.165. The Morgan fingerprint density at radius 1 is 1.03 bits per heavy atom. The highest BCUT2D eigenvalue weighted by Gasteiger charge is 2.26. The average molecular weight is 536 g/mol. The molecule has 200 valence electrons. The van der Waals surface area contributed by atoms with Crippen LogP contribution in [0.5, 0.6) is 0 Å². The van der Waals surface area contributed by atoms with Crippen LogP contribution in [0.2, 0.25) is 5.02 Å². The molecule has 2 N–H and O–H groups in total. The summed E-state index contributed by atoms with van der Waals surface area (Å²) in [6, 6.07) is 7.26. The third-order valence-corrected chi connectivity index (χ3v) is 8.80. The van der Waals surface area contributed by atoms with Crippen molar-refractivity contribution in [2.24, 2.45) is 0 Å². The number of nitrogens with one attached hydrogen (secondary N) is 2. The molecule has 9 heteroatoms. The number of fused-ring (bicyclic) bond motifs is 1. The van der Waals surface area contributed by atoms with Crippen molar-refractivity contribution >= 4 is 33.0 Å². The van der Waals surface area contributed by atoms with Crippen molar-refractivity contribution in [1.29, 1.82) is 0 Å². The summed E-state index contributed by atoms with van der Waals surface area (Å²) in [5.41, 5.74) is 2.52. The number of anilines is 1. The molecular formula is C27H42ClN5O2S. The summed E-state index contributed by atoms with van der Waals surface area (Å²) < 4.78 is 31.2. The van der Waals surface area contributed by atoms with Crippen molar-refractivity contribution < 1.29 is 8.42 Å². The molecule has 1 aromatic carbocycles. The van der Waals surface area contributed by atoms with Gasteiger partial charge in [0.05, 0.1) is 10.9 Å². The van der Waals surface area contributed by atoms with Gasteiger partial charge in [-0.2, -0.15) is 4.63 Å². The molecule has 0 saturated carbocycles. The molecule has 0 aliphatic carbocycles. The Kier molecular flexibility index (Phi) is 9.86. The lowest BCUT2D eigenvalue weighted by molar-refractivity contribution is 0.525. The van der Waals surface area contributed by atoms with E-state index in [1.165, 1.54) is 0 Å². The van der Waals surface area contributed by atoms with Crippen LogP contribution in [0.15, 0.2) is 24.3 Å². The third kappa shape index (κ3) is 7.25. The van der Waals surface area contributed by atoms with Crippen molar-refractivity contribution in [3.8, 4) is 11.4 Å². The molecule has 0 aliphatic heterocycles. The van der Waals surface area contributed by atoms with Crippen molar-refractivity contribution in [2.75, 3.05) is 4.72 Å². The minimum atomic E-state index is -3.51. The number of aromatic nitrogens is 4. The number of rotatable bonds is 14. The van der Waals surface area contributed by atoms with Gasteiger partial charge in [0.25, 0.3) is 0 Å². The molecule has 0 radical (unpaired) electrons. The third-order valence-electron chi connectivity index (χ3n) is 6.57. The predicted octanol–water partition coefficient (Wildman–Crippen LogP) is 7.73. The van der Waals surface area contributed by atoms with Crippen LogP contribution in [-0.4, -0.2) is 33.5 Å². The van der Waals surface area contributed by atoms with Gasteiger partial charge in [0.15, 0.2) is 11.5 Å². The lowest BCUT2D eigenvalue weighted by atomic mass is 9.92. The van der Waals surface area contributed by atoms with Gasteiger partial charge in [0, 0.05) is 16.7 Å². The van der Waals surface area contributed by atoms with Gasteiger partial charge in [0.2, 0.25) is 10.0 Å². The van der Waals surface area contributed by atoms with Crippen LogP contribution in [0.4, 0.5) is 5.69 Å². The van der Waals surface area contributed by atoms with Crippen molar-refractivity contribution in [2.45, 2.75) is 109 Å². The lowest BCUT2D eigenvalue weighted by Crippen LogP contribution is -2.28. The van der Waals surface area contributed by atoms with Gasteiger partial charge in [-0.15, -0.1) is 5.10 Å². The lowest BCUT2D eigenvalue weighted by Gasteiger charge is -2.19. The zero-order valence-electron chi connectivity index (χ0n) is 22.4. The van der Waals surface area contributed by atoms with Crippen LogP contribution < -0.4 is 4.72 Å². The molecule has 0 aliphatic rings. The number of sulfonamides is 1. The van der Waals surface area contributed by atoms with Crippen LogP contribution in [0.3, 0.4) is 0 Å². The summed E-state index contributed by atoms with van der Waals surface area (Å²) in [5.74, 6) is 0.486. The molecule has 0 unspecified atom stereocenters. The maximum Gasteiger partial charge on any atom is 0.235 e. The normalized spacial score (nSPS) is 12.6. The first-order valence-electron chi connectivity index (χ1n) is 13.3.